The number of aliphatic hydroxyl groups excluding tert-OH is 1. The first kappa shape index (κ1) is 14.7. The van der Waals surface area contributed by atoms with Crippen LogP contribution in [0.15, 0.2) is 0 Å². The van der Waals surface area contributed by atoms with Crippen LogP contribution < -0.4 is 0 Å². The van der Waals surface area contributed by atoms with Crippen molar-refractivity contribution >= 4 is 0 Å². The second kappa shape index (κ2) is 6.71. The summed E-state index contributed by atoms with van der Waals surface area (Å²) in [5.74, 6) is 0. The molecule has 2 unspecified atom stereocenters. The molecule has 0 amide bonds. The number of rotatable bonds is 4. The van der Waals surface area contributed by atoms with Gasteiger partial charge < -0.3 is 19.3 Å². The number of ether oxygens (including phenoxy) is 3. The molecule has 3 fully saturated rings. The summed E-state index contributed by atoms with van der Waals surface area (Å²) in [6.45, 7) is 5.32. The zero-order valence-electron chi connectivity index (χ0n) is 12.3. The maximum absolute atomic E-state index is 8.81. The molecular formula is C15H27NO4. The van der Waals surface area contributed by atoms with Gasteiger partial charge >= 0.3 is 0 Å². The van der Waals surface area contributed by atoms with Gasteiger partial charge in [-0.15, -0.1) is 0 Å². The van der Waals surface area contributed by atoms with E-state index in [1.807, 2.05) is 0 Å². The molecule has 0 saturated carbocycles. The number of hydrogen-bond donors (Lipinski definition) is 1. The zero-order chi connectivity index (χ0) is 13.8. The number of hydrogen-bond acceptors (Lipinski definition) is 5. The summed E-state index contributed by atoms with van der Waals surface area (Å²) in [4.78, 5) is 2.61. The molecule has 1 N–H and O–H groups in total. The quantitative estimate of drug-likeness (QED) is 0.828. The SMILES string of the molecule is OCCOC1CCN(C2CCOC3(CCOC3)C2)CC1. The fourth-order valence-electron chi connectivity index (χ4n) is 3.80. The molecule has 3 rings (SSSR count). The van der Waals surface area contributed by atoms with E-state index in [1.165, 1.54) is 0 Å². The minimum atomic E-state index is 0.00710. The predicted molar refractivity (Wildman–Crippen MR) is 74.8 cm³/mol. The van der Waals surface area contributed by atoms with Crippen molar-refractivity contribution in [3.63, 3.8) is 0 Å². The molecule has 20 heavy (non-hydrogen) atoms. The molecule has 5 nitrogen and oxygen atoms in total. The van der Waals surface area contributed by atoms with Gasteiger partial charge in [0.05, 0.1) is 31.5 Å². The summed E-state index contributed by atoms with van der Waals surface area (Å²) >= 11 is 0. The molecule has 0 bridgehead atoms. The zero-order valence-corrected chi connectivity index (χ0v) is 12.3. The molecule has 2 atom stereocenters. The van der Waals surface area contributed by atoms with E-state index in [4.69, 9.17) is 19.3 Å². The van der Waals surface area contributed by atoms with Gasteiger partial charge in [0.15, 0.2) is 0 Å². The molecule has 0 aromatic rings. The van der Waals surface area contributed by atoms with Crippen LogP contribution >= 0.6 is 0 Å². The highest BCUT2D eigenvalue weighted by atomic mass is 16.6. The number of aliphatic hydroxyl groups is 1. The van der Waals surface area contributed by atoms with Gasteiger partial charge in [0.25, 0.3) is 0 Å². The first-order valence-electron chi connectivity index (χ1n) is 8.00. The monoisotopic (exact) mass is 285 g/mol. The maximum atomic E-state index is 8.81. The number of piperidine rings is 1. The van der Waals surface area contributed by atoms with Crippen LogP contribution in [0.3, 0.4) is 0 Å². The Kier molecular flexibility index (Phi) is 4.94. The molecule has 116 valence electrons. The van der Waals surface area contributed by atoms with Gasteiger partial charge in [0.2, 0.25) is 0 Å². The number of likely N-dealkylation sites (tertiary alicyclic amines) is 1. The van der Waals surface area contributed by atoms with Crippen LogP contribution in [-0.2, 0) is 14.2 Å². The molecule has 0 radical (unpaired) electrons. The summed E-state index contributed by atoms with van der Waals surface area (Å²) in [5, 5.41) is 8.81. The fourth-order valence-corrected chi connectivity index (χ4v) is 3.80. The third-order valence-electron chi connectivity index (χ3n) is 4.97. The summed E-state index contributed by atoms with van der Waals surface area (Å²) in [5.41, 5.74) is 0.00710. The van der Waals surface area contributed by atoms with Crippen molar-refractivity contribution in [2.45, 2.75) is 49.9 Å². The van der Waals surface area contributed by atoms with Crippen LogP contribution in [0.4, 0.5) is 0 Å². The second-order valence-corrected chi connectivity index (χ2v) is 6.31. The van der Waals surface area contributed by atoms with Crippen LogP contribution in [0.25, 0.3) is 0 Å². The smallest absolute Gasteiger partial charge is 0.0951 e. The first-order chi connectivity index (χ1) is 9.81. The Morgan fingerprint density at radius 3 is 2.75 bits per heavy atom. The molecule has 0 aromatic heterocycles. The van der Waals surface area contributed by atoms with E-state index in [9.17, 15) is 0 Å². The molecule has 1 spiro atoms. The highest BCUT2D eigenvalue weighted by Crippen LogP contribution is 2.35. The van der Waals surface area contributed by atoms with E-state index in [-0.39, 0.29) is 12.2 Å². The standard InChI is InChI=1S/C15H27NO4/c17-7-10-19-14-1-5-16(6-2-14)13-3-8-20-15(11-13)4-9-18-12-15/h13-14,17H,1-12H2. The van der Waals surface area contributed by atoms with Gasteiger partial charge in [0.1, 0.15) is 0 Å². The van der Waals surface area contributed by atoms with Crippen molar-refractivity contribution in [3.05, 3.63) is 0 Å². The van der Waals surface area contributed by atoms with Crippen LogP contribution in [0.2, 0.25) is 0 Å². The minimum Gasteiger partial charge on any atom is -0.394 e. The first-order valence-corrected chi connectivity index (χ1v) is 8.00. The van der Waals surface area contributed by atoms with Gasteiger partial charge in [-0.3, -0.25) is 4.90 Å². The Balaban J connectivity index is 1.48. The lowest BCUT2D eigenvalue weighted by atomic mass is 9.88. The third-order valence-corrected chi connectivity index (χ3v) is 4.97. The van der Waals surface area contributed by atoms with Crippen molar-refractivity contribution in [2.75, 3.05) is 46.1 Å². The highest BCUT2D eigenvalue weighted by molar-refractivity contribution is 4.94. The van der Waals surface area contributed by atoms with E-state index in [1.54, 1.807) is 0 Å². The van der Waals surface area contributed by atoms with Crippen molar-refractivity contribution in [3.8, 4) is 0 Å². The third kappa shape index (κ3) is 3.34. The van der Waals surface area contributed by atoms with Crippen LogP contribution in [0.1, 0.15) is 32.1 Å². The lowest BCUT2D eigenvalue weighted by Crippen LogP contribution is -2.51. The fraction of sp³-hybridized carbons (Fsp3) is 1.00. The second-order valence-electron chi connectivity index (χ2n) is 6.31. The maximum Gasteiger partial charge on any atom is 0.0951 e. The Morgan fingerprint density at radius 2 is 2.05 bits per heavy atom. The van der Waals surface area contributed by atoms with Gasteiger partial charge in [0, 0.05) is 38.8 Å². The average Bonchev–Trinajstić information content (AvgIpc) is 2.93. The summed E-state index contributed by atoms with van der Waals surface area (Å²) in [6, 6.07) is 0.643. The van der Waals surface area contributed by atoms with Crippen LogP contribution in [0.5, 0.6) is 0 Å². The summed E-state index contributed by atoms with van der Waals surface area (Å²) in [6.07, 6.45) is 5.82. The Hall–Kier alpha value is -0.200. The highest BCUT2D eigenvalue weighted by Gasteiger charge is 2.42. The molecular weight excluding hydrogens is 258 g/mol. The lowest BCUT2D eigenvalue weighted by Gasteiger charge is -2.44. The largest absolute Gasteiger partial charge is 0.394 e. The molecule has 3 aliphatic heterocycles. The predicted octanol–water partition coefficient (Wildman–Crippen LogP) is 0.798. The molecule has 0 aliphatic carbocycles. The van der Waals surface area contributed by atoms with Gasteiger partial charge in [-0.05, 0) is 25.7 Å². The van der Waals surface area contributed by atoms with Crippen molar-refractivity contribution < 1.29 is 19.3 Å². The van der Waals surface area contributed by atoms with Crippen LogP contribution in [0, 0.1) is 0 Å². The summed E-state index contributed by atoms with van der Waals surface area (Å²) < 4.78 is 17.2. The van der Waals surface area contributed by atoms with Crippen molar-refractivity contribution in [1.29, 1.82) is 0 Å². The van der Waals surface area contributed by atoms with E-state index in [0.29, 0.717) is 18.8 Å². The Labute approximate surface area is 121 Å². The van der Waals surface area contributed by atoms with E-state index < -0.39 is 0 Å². The summed E-state index contributed by atoms with van der Waals surface area (Å²) in [7, 11) is 0. The van der Waals surface area contributed by atoms with Gasteiger partial charge in [-0.25, -0.2) is 0 Å². The van der Waals surface area contributed by atoms with E-state index in [0.717, 1.165) is 65.0 Å². The number of nitrogens with zero attached hydrogens (tertiary/aromatic N) is 1. The normalized spacial score (nSPS) is 36.8. The topological polar surface area (TPSA) is 51.2 Å². The van der Waals surface area contributed by atoms with Gasteiger partial charge in [-0.1, -0.05) is 0 Å². The van der Waals surface area contributed by atoms with E-state index in [2.05, 4.69) is 4.90 Å². The molecule has 3 aliphatic rings. The Bertz CT molecular complexity index is 298. The van der Waals surface area contributed by atoms with E-state index >= 15 is 0 Å². The van der Waals surface area contributed by atoms with Crippen molar-refractivity contribution in [2.24, 2.45) is 0 Å². The average molecular weight is 285 g/mol. The van der Waals surface area contributed by atoms with Gasteiger partial charge in [-0.2, -0.15) is 0 Å². The minimum absolute atomic E-state index is 0.00710. The van der Waals surface area contributed by atoms with Crippen LogP contribution in [-0.4, -0.2) is 73.9 Å². The molecule has 3 heterocycles. The molecule has 5 heteroatoms. The molecule has 3 saturated heterocycles. The molecule has 0 aromatic carbocycles. The lowest BCUT2D eigenvalue weighted by molar-refractivity contribution is -0.113. The Morgan fingerprint density at radius 1 is 1.20 bits per heavy atom. The van der Waals surface area contributed by atoms with Crippen molar-refractivity contribution in [1.82, 2.24) is 4.90 Å².